The third kappa shape index (κ3) is 5.68. The molecular formula is C18H30N2O. The second kappa shape index (κ2) is 8.40. The number of ether oxygens (including phenoxy) is 1. The zero-order chi connectivity index (χ0) is 15.1. The number of nitrogens with one attached hydrogen (secondary N) is 1. The van der Waals surface area contributed by atoms with Crippen molar-refractivity contribution in [2.24, 2.45) is 0 Å². The molecule has 0 aliphatic carbocycles. The molecule has 1 fully saturated rings. The molecule has 1 heterocycles. The average molecular weight is 290 g/mol. The highest BCUT2D eigenvalue weighted by Crippen LogP contribution is 2.13. The third-order valence-electron chi connectivity index (χ3n) is 4.20. The lowest BCUT2D eigenvalue weighted by Gasteiger charge is -2.29. The standard InChI is InChI=1S/C18H30N2O/c1-15(2)20(14-17-8-5-10-19-17)11-6-12-21-18-9-4-7-16(3)13-18/h4,7,9,13,15,17,19H,5-6,8,10-12,14H2,1-3H3. The Morgan fingerprint density at radius 2 is 2.24 bits per heavy atom. The Bertz CT molecular complexity index is 413. The van der Waals surface area contributed by atoms with E-state index < -0.39 is 0 Å². The first-order valence-corrected chi connectivity index (χ1v) is 8.32. The van der Waals surface area contributed by atoms with Gasteiger partial charge in [0.15, 0.2) is 0 Å². The smallest absolute Gasteiger partial charge is 0.119 e. The quantitative estimate of drug-likeness (QED) is 0.744. The van der Waals surface area contributed by atoms with Gasteiger partial charge >= 0.3 is 0 Å². The van der Waals surface area contributed by atoms with Crippen molar-refractivity contribution >= 4 is 0 Å². The van der Waals surface area contributed by atoms with E-state index >= 15 is 0 Å². The second-order valence-electron chi connectivity index (χ2n) is 6.40. The number of aryl methyl sites for hydroxylation is 1. The maximum Gasteiger partial charge on any atom is 0.119 e. The Morgan fingerprint density at radius 3 is 2.90 bits per heavy atom. The highest BCUT2D eigenvalue weighted by atomic mass is 16.5. The molecule has 1 aliphatic rings. The first-order valence-electron chi connectivity index (χ1n) is 8.32. The molecule has 1 unspecified atom stereocenters. The number of nitrogens with zero attached hydrogens (tertiary/aromatic N) is 1. The minimum absolute atomic E-state index is 0.603. The molecular weight excluding hydrogens is 260 g/mol. The summed E-state index contributed by atoms with van der Waals surface area (Å²) in [6, 6.07) is 9.58. The fraction of sp³-hybridized carbons (Fsp3) is 0.667. The number of rotatable bonds is 8. The first-order chi connectivity index (χ1) is 10.1. The molecule has 3 heteroatoms. The van der Waals surface area contributed by atoms with E-state index in [1.807, 2.05) is 6.07 Å². The predicted octanol–water partition coefficient (Wildman–Crippen LogP) is 3.23. The van der Waals surface area contributed by atoms with Crippen LogP contribution in [0.3, 0.4) is 0 Å². The molecule has 1 atom stereocenters. The maximum absolute atomic E-state index is 5.84. The number of hydrogen-bond acceptors (Lipinski definition) is 3. The fourth-order valence-electron chi connectivity index (χ4n) is 2.92. The molecule has 3 nitrogen and oxygen atoms in total. The Kier molecular flexibility index (Phi) is 6.52. The van der Waals surface area contributed by atoms with E-state index in [1.54, 1.807) is 0 Å². The lowest BCUT2D eigenvalue weighted by molar-refractivity contribution is 0.183. The molecule has 1 aromatic carbocycles. The molecule has 0 bridgehead atoms. The van der Waals surface area contributed by atoms with E-state index in [0.29, 0.717) is 12.1 Å². The van der Waals surface area contributed by atoms with Crippen LogP contribution in [0.1, 0.15) is 38.7 Å². The van der Waals surface area contributed by atoms with Crippen molar-refractivity contribution in [1.29, 1.82) is 0 Å². The van der Waals surface area contributed by atoms with Crippen LogP contribution in [0.4, 0.5) is 0 Å². The minimum Gasteiger partial charge on any atom is -0.494 e. The van der Waals surface area contributed by atoms with Crippen LogP contribution in [-0.2, 0) is 0 Å². The first kappa shape index (κ1) is 16.3. The van der Waals surface area contributed by atoms with Crippen LogP contribution >= 0.6 is 0 Å². The zero-order valence-corrected chi connectivity index (χ0v) is 13.8. The van der Waals surface area contributed by atoms with Crippen LogP contribution in [-0.4, -0.2) is 43.2 Å². The molecule has 118 valence electrons. The largest absolute Gasteiger partial charge is 0.494 e. The van der Waals surface area contributed by atoms with Gasteiger partial charge in [-0.05, 0) is 64.3 Å². The summed E-state index contributed by atoms with van der Waals surface area (Å²) < 4.78 is 5.84. The predicted molar refractivity (Wildman–Crippen MR) is 89.0 cm³/mol. The van der Waals surface area contributed by atoms with Gasteiger partial charge in [0.1, 0.15) is 5.75 Å². The van der Waals surface area contributed by atoms with Gasteiger partial charge in [-0.25, -0.2) is 0 Å². The van der Waals surface area contributed by atoms with Crippen molar-refractivity contribution in [1.82, 2.24) is 10.2 Å². The van der Waals surface area contributed by atoms with Gasteiger partial charge in [0.05, 0.1) is 6.61 Å². The summed E-state index contributed by atoms with van der Waals surface area (Å²) >= 11 is 0. The van der Waals surface area contributed by atoms with E-state index in [4.69, 9.17) is 4.74 Å². The van der Waals surface area contributed by atoms with Crippen molar-refractivity contribution in [2.45, 2.75) is 52.1 Å². The van der Waals surface area contributed by atoms with Gasteiger partial charge in [0.2, 0.25) is 0 Å². The molecule has 21 heavy (non-hydrogen) atoms. The van der Waals surface area contributed by atoms with Crippen molar-refractivity contribution in [3.8, 4) is 5.75 Å². The molecule has 0 radical (unpaired) electrons. The van der Waals surface area contributed by atoms with Gasteiger partial charge in [-0.1, -0.05) is 12.1 Å². The summed E-state index contributed by atoms with van der Waals surface area (Å²) in [5.41, 5.74) is 1.25. The van der Waals surface area contributed by atoms with Crippen molar-refractivity contribution < 1.29 is 4.74 Å². The Hall–Kier alpha value is -1.06. The van der Waals surface area contributed by atoms with Crippen LogP contribution < -0.4 is 10.1 Å². The van der Waals surface area contributed by atoms with Crippen molar-refractivity contribution in [3.05, 3.63) is 29.8 Å². The molecule has 0 saturated carbocycles. The molecule has 0 aromatic heterocycles. The normalized spacial score (nSPS) is 18.6. The van der Waals surface area contributed by atoms with Crippen molar-refractivity contribution in [3.63, 3.8) is 0 Å². The number of hydrogen-bond donors (Lipinski definition) is 1. The highest BCUT2D eigenvalue weighted by Gasteiger charge is 2.19. The molecule has 1 aliphatic heterocycles. The van der Waals surface area contributed by atoms with Crippen LogP contribution in [0.5, 0.6) is 5.75 Å². The van der Waals surface area contributed by atoms with Crippen LogP contribution in [0.15, 0.2) is 24.3 Å². The summed E-state index contributed by atoms with van der Waals surface area (Å²) in [5.74, 6) is 0.989. The SMILES string of the molecule is Cc1cccc(OCCCN(CC2CCCN2)C(C)C)c1. The molecule has 1 N–H and O–H groups in total. The van der Waals surface area contributed by atoms with Crippen LogP contribution in [0.2, 0.25) is 0 Å². The third-order valence-corrected chi connectivity index (χ3v) is 4.20. The maximum atomic E-state index is 5.84. The van der Waals surface area contributed by atoms with E-state index in [0.717, 1.165) is 25.3 Å². The lowest BCUT2D eigenvalue weighted by atomic mass is 10.2. The monoisotopic (exact) mass is 290 g/mol. The minimum atomic E-state index is 0.603. The topological polar surface area (TPSA) is 24.5 Å². The number of benzene rings is 1. The Labute approximate surface area is 129 Å². The molecule has 0 amide bonds. The highest BCUT2D eigenvalue weighted by molar-refractivity contribution is 5.27. The van der Waals surface area contributed by atoms with Gasteiger partial charge < -0.3 is 10.1 Å². The Balaban J connectivity index is 1.69. The summed E-state index contributed by atoms with van der Waals surface area (Å²) in [6.07, 6.45) is 3.73. The van der Waals surface area contributed by atoms with Crippen LogP contribution in [0.25, 0.3) is 0 Å². The van der Waals surface area contributed by atoms with Gasteiger partial charge in [0, 0.05) is 25.2 Å². The fourth-order valence-corrected chi connectivity index (χ4v) is 2.92. The van der Waals surface area contributed by atoms with Crippen LogP contribution in [0, 0.1) is 6.92 Å². The van der Waals surface area contributed by atoms with Gasteiger partial charge in [-0.2, -0.15) is 0 Å². The summed E-state index contributed by atoms with van der Waals surface area (Å²) in [6.45, 7) is 10.9. The van der Waals surface area contributed by atoms with Crippen molar-refractivity contribution in [2.75, 3.05) is 26.2 Å². The second-order valence-corrected chi connectivity index (χ2v) is 6.40. The summed E-state index contributed by atoms with van der Waals surface area (Å²) in [4.78, 5) is 2.57. The van der Waals surface area contributed by atoms with E-state index in [-0.39, 0.29) is 0 Å². The van der Waals surface area contributed by atoms with E-state index in [2.05, 4.69) is 49.2 Å². The summed E-state index contributed by atoms with van der Waals surface area (Å²) in [5, 5.41) is 3.59. The van der Waals surface area contributed by atoms with Gasteiger partial charge in [0.25, 0.3) is 0 Å². The Morgan fingerprint density at radius 1 is 1.38 bits per heavy atom. The summed E-state index contributed by atoms with van der Waals surface area (Å²) in [7, 11) is 0. The lowest BCUT2D eigenvalue weighted by Crippen LogP contribution is -2.42. The molecule has 0 spiro atoms. The van der Waals surface area contributed by atoms with Gasteiger partial charge in [-0.3, -0.25) is 4.90 Å². The molecule has 1 saturated heterocycles. The molecule has 1 aromatic rings. The van der Waals surface area contributed by atoms with E-state index in [1.165, 1.54) is 31.5 Å². The zero-order valence-electron chi connectivity index (χ0n) is 13.8. The average Bonchev–Trinajstić information content (AvgIpc) is 2.95. The van der Waals surface area contributed by atoms with Gasteiger partial charge in [-0.15, -0.1) is 0 Å². The molecule has 2 rings (SSSR count). The van der Waals surface area contributed by atoms with E-state index in [9.17, 15) is 0 Å².